The van der Waals surface area contributed by atoms with Gasteiger partial charge >= 0.3 is 0 Å². The van der Waals surface area contributed by atoms with Crippen LogP contribution in [-0.4, -0.2) is 46.5 Å². The lowest BCUT2D eigenvalue weighted by Gasteiger charge is -2.27. The highest BCUT2D eigenvalue weighted by Gasteiger charge is 2.19. The second kappa shape index (κ2) is 6.24. The van der Waals surface area contributed by atoms with Crippen molar-refractivity contribution in [2.24, 2.45) is 0 Å². The minimum atomic E-state index is -0.170. The van der Waals surface area contributed by atoms with Gasteiger partial charge in [0.25, 0.3) is 0 Å². The molecule has 1 aliphatic rings. The lowest BCUT2D eigenvalue weighted by Crippen LogP contribution is -2.35. The molecule has 1 aromatic carbocycles. The summed E-state index contributed by atoms with van der Waals surface area (Å²) in [6.07, 6.45) is 1.43. The molecule has 3 rings (SSSR count). The van der Waals surface area contributed by atoms with Gasteiger partial charge in [-0.25, -0.2) is 0 Å². The van der Waals surface area contributed by atoms with E-state index in [1.54, 1.807) is 7.11 Å². The number of likely N-dealkylation sites (tertiary alicyclic amines) is 1. The lowest BCUT2D eigenvalue weighted by molar-refractivity contribution is 0.0740. The monoisotopic (exact) mass is 289 g/mol. The van der Waals surface area contributed by atoms with Crippen LogP contribution in [0.4, 0.5) is 0 Å². The molecule has 0 radical (unpaired) electrons. The normalized spacial score (nSPS) is 17.0. The SMILES string of the molecule is COc1cccc(-c2noc(CN3CCC(O)CC3)n2)c1. The number of aliphatic hydroxyl groups is 1. The van der Waals surface area contributed by atoms with Gasteiger partial charge in [0.05, 0.1) is 19.8 Å². The highest BCUT2D eigenvalue weighted by atomic mass is 16.5. The third-order valence-corrected chi connectivity index (χ3v) is 3.71. The van der Waals surface area contributed by atoms with Crippen LogP contribution in [0.15, 0.2) is 28.8 Å². The Hall–Kier alpha value is -1.92. The molecule has 1 saturated heterocycles. The molecule has 1 N–H and O–H groups in total. The fourth-order valence-corrected chi connectivity index (χ4v) is 2.47. The van der Waals surface area contributed by atoms with Gasteiger partial charge in [0, 0.05) is 18.7 Å². The van der Waals surface area contributed by atoms with Crippen LogP contribution >= 0.6 is 0 Å². The van der Waals surface area contributed by atoms with Crippen LogP contribution in [-0.2, 0) is 6.54 Å². The van der Waals surface area contributed by atoms with Crippen molar-refractivity contribution in [3.05, 3.63) is 30.2 Å². The number of aliphatic hydroxyl groups excluding tert-OH is 1. The topological polar surface area (TPSA) is 71.6 Å². The molecule has 0 aliphatic carbocycles. The third kappa shape index (κ3) is 3.40. The van der Waals surface area contributed by atoms with E-state index in [4.69, 9.17) is 9.26 Å². The van der Waals surface area contributed by atoms with Crippen LogP contribution in [0.25, 0.3) is 11.4 Å². The van der Waals surface area contributed by atoms with Crippen LogP contribution in [0, 0.1) is 0 Å². The van der Waals surface area contributed by atoms with Gasteiger partial charge in [-0.05, 0) is 25.0 Å². The summed E-state index contributed by atoms with van der Waals surface area (Å²) in [4.78, 5) is 6.65. The molecule has 6 heteroatoms. The van der Waals surface area contributed by atoms with E-state index in [0.29, 0.717) is 18.3 Å². The van der Waals surface area contributed by atoms with E-state index < -0.39 is 0 Å². The second-order valence-corrected chi connectivity index (χ2v) is 5.25. The first-order valence-electron chi connectivity index (χ1n) is 7.12. The molecule has 112 valence electrons. The fourth-order valence-electron chi connectivity index (χ4n) is 2.47. The number of rotatable bonds is 4. The van der Waals surface area contributed by atoms with E-state index in [2.05, 4.69) is 15.0 Å². The van der Waals surface area contributed by atoms with Gasteiger partial charge in [-0.1, -0.05) is 17.3 Å². The summed E-state index contributed by atoms with van der Waals surface area (Å²) < 4.78 is 10.5. The third-order valence-electron chi connectivity index (χ3n) is 3.71. The predicted molar refractivity (Wildman–Crippen MR) is 76.8 cm³/mol. The first kappa shape index (κ1) is 14.0. The van der Waals surface area contributed by atoms with Crippen molar-refractivity contribution in [3.8, 4) is 17.1 Å². The van der Waals surface area contributed by atoms with Crippen molar-refractivity contribution < 1.29 is 14.4 Å². The van der Waals surface area contributed by atoms with E-state index in [9.17, 15) is 5.11 Å². The molecule has 0 amide bonds. The number of ether oxygens (including phenoxy) is 1. The van der Waals surface area contributed by atoms with Gasteiger partial charge in [0.1, 0.15) is 5.75 Å². The number of benzene rings is 1. The highest BCUT2D eigenvalue weighted by Crippen LogP contribution is 2.22. The summed E-state index contributed by atoms with van der Waals surface area (Å²) in [6.45, 7) is 2.35. The highest BCUT2D eigenvalue weighted by molar-refractivity contribution is 5.56. The molecule has 2 heterocycles. The quantitative estimate of drug-likeness (QED) is 0.923. The van der Waals surface area contributed by atoms with Gasteiger partial charge < -0.3 is 14.4 Å². The molecule has 1 aromatic heterocycles. The molecule has 21 heavy (non-hydrogen) atoms. The zero-order chi connectivity index (χ0) is 14.7. The molecule has 1 fully saturated rings. The average Bonchev–Trinajstić information content (AvgIpc) is 2.98. The maximum Gasteiger partial charge on any atom is 0.241 e. The summed E-state index contributed by atoms with van der Waals surface area (Å²) in [7, 11) is 1.63. The minimum Gasteiger partial charge on any atom is -0.497 e. The van der Waals surface area contributed by atoms with E-state index >= 15 is 0 Å². The Morgan fingerprint density at radius 1 is 1.38 bits per heavy atom. The summed E-state index contributed by atoms with van der Waals surface area (Å²) >= 11 is 0. The van der Waals surface area contributed by atoms with Crippen LogP contribution in [0.1, 0.15) is 18.7 Å². The fraction of sp³-hybridized carbons (Fsp3) is 0.467. The van der Waals surface area contributed by atoms with Gasteiger partial charge in [-0.2, -0.15) is 4.98 Å². The van der Waals surface area contributed by atoms with Crippen molar-refractivity contribution >= 4 is 0 Å². The molecule has 0 bridgehead atoms. The van der Waals surface area contributed by atoms with Crippen molar-refractivity contribution in [2.75, 3.05) is 20.2 Å². The number of nitrogens with zero attached hydrogens (tertiary/aromatic N) is 3. The van der Waals surface area contributed by atoms with Gasteiger partial charge in [0.15, 0.2) is 0 Å². The summed E-state index contributed by atoms with van der Waals surface area (Å²) in [5, 5.41) is 13.5. The molecular formula is C15H19N3O3. The second-order valence-electron chi connectivity index (χ2n) is 5.25. The van der Waals surface area contributed by atoms with Gasteiger partial charge in [-0.15, -0.1) is 0 Å². The molecular weight excluding hydrogens is 270 g/mol. The van der Waals surface area contributed by atoms with Crippen molar-refractivity contribution in [1.29, 1.82) is 0 Å². The van der Waals surface area contributed by atoms with Crippen LogP contribution < -0.4 is 4.74 Å². The van der Waals surface area contributed by atoms with Crippen molar-refractivity contribution in [3.63, 3.8) is 0 Å². The Kier molecular flexibility index (Phi) is 4.17. The zero-order valence-corrected chi connectivity index (χ0v) is 12.0. The Morgan fingerprint density at radius 2 is 2.19 bits per heavy atom. The minimum absolute atomic E-state index is 0.170. The van der Waals surface area contributed by atoms with Crippen LogP contribution in [0.3, 0.4) is 0 Å². The number of methoxy groups -OCH3 is 1. The molecule has 2 aromatic rings. The summed E-state index contributed by atoms with van der Waals surface area (Å²) in [6, 6.07) is 7.58. The Bertz CT molecular complexity index is 591. The van der Waals surface area contributed by atoms with E-state index in [0.717, 1.165) is 37.2 Å². The van der Waals surface area contributed by atoms with E-state index in [1.165, 1.54) is 0 Å². The Balaban J connectivity index is 1.68. The van der Waals surface area contributed by atoms with Crippen molar-refractivity contribution in [2.45, 2.75) is 25.5 Å². The smallest absolute Gasteiger partial charge is 0.241 e. The molecule has 0 saturated carbocycles. The Labute approximate surface area is 123 Å². The standard InChI is InChI=1S/C15H19N3O3/c1-20-13-4-2-3-11(9-13)15-16-14(21-17-15)10-18-7-5-12(19)6-8-18/h2-4,9,12,19H,5-8,10H2,1H3. The van der Waals surface area contributed by atoms with Crippen LogP contribution in [0.5, 0.6) is 5.75 Å². The number of aromatic nitrogens is 2. The lowest BCUT2D eigenvalue weighted by atomic mass is 10.1. The number of hydrogen-bond acceptors (Lipinski definition) is 6. The van der Waals surface area contributed by atoms with Crippen molar-refractivity contribution in [1.82, 2.24) is 15.0 Å². The molecule has 1 aliphatic heterocycles. The van der Waals surface area contributed by atoms with Gasteiger partial charge in [-0.3, -0.25) is 4.90 Å². The Morgan fingerprint density at radius 3 is 2.95 bits per heavy atom. The average molecular weight is 289 g/mol. The van der Waals surface area contributed by atoms with E-state index in [-0.39, 0.29) is 6.10 Å². The first-order chi connectivity index (χ1) is 10.2. The maximum atomic E-state index is 9.51. The van der Waals surface area contributed by atoms with Gasteiger partial charge in [0.2, 0.25) is 11.7 Å². The largest absolute Gasteiger partial charge is 0.497 e. The summed E-state index contributed by atoms with van der Waals surface area (Å²) in [5.41, 5.74) is 0.874. The zero-order valence-electron chi connectivity index (χ0n) is 12.0. The molecule has 0 spiro atoms. The summed E-state index contributed by atoms with van der Waals surface area (Å²) in [5.74, 6) is 1.94. The number of hydrogen-bond donors (Lipinski definition) is 1. The maximum absolute atomic E-state index is 9.51. The molecule has 0 unspecified atom stereocenters. The first-order valence-corrected chi connectivity index (χ1v) is 7.12. The predicted octanol–water partition coefficient (Wildman–Crippen LogP) is 1.70. The molecule has 6 nitrogen and oxygen atoms in total. The molecule has 0 atom stereocenters. The number of piperidine rings is 1. The van der Waals surface area contributed by atoms with E-state index in [1.807, 2.05) is 24.3 Å². The van der Waals surface area contributed by atoms with Crippen LogP contribution in [0.2, 0.25) is 0 Å².